The summed E-state index contributed by atoms with van der Waals surface area (Å²) >= 11 is 0. The third-order valence-corrected chi connectivity index (χ3v) is 4.02. The first-order valence-corrected chi connectivity index (χ1v) is 7.16. The van der Waals surface area contributed by atoms with Crippen LogP contribution in [0.1, 0.15) is 23.1 Å². The monoisotopic (exact) mass is 275 g/mol. The number of hydrogen-bond donors (Lipinski definition) is 0. The van der Waals surface area contributed by atoms with E-state index in [1.54, 1.807) is 18.1 Å². The Bertz CT molecular complexity index is 494. The highest BCUT2D eigenvalue weighted by Gasteiger charge is 2.31. The number of hydrogen-bond acceptors (Lipinski definition) is 4. The van der Waals surface area contributed by atoms with Gasteiger partial charge in [0.05, 0.1) is 11.8 Å². The zero-order chi connectivity index (χ0) is 14.1. The zero-order valence-corrected chi connectivity index (χ0v) is 12.1. The summed E-state index contributed by atoms with van der Waals surface area (Å²) in [5.74, 6) is 0.795. The molecule has 2 aliphatic rings. The molecule has 3 rings (SSSR count). The van der Waals surface area contributed by atoms with Gasteiger partial charge in [-0.15, -0.1) is 0 Å². The average Bonchev–Trinajstić information content (AvgIpc) is 2.36. The standard InChI is InChI=1S/C15H21N3O2/c1-11-6-17(7-11)8-12-4-3-5-14(16-12)15(19)18-9-13(10-18)20-2/h3-5,11,13H,6-10H2,1-2H3. The van der Waals surface area contributed by atoms with E-state index in [1.807, 2.05) is 12.1 Å². The molecule has 2 fully saturated rings. The smallest absolute Gasteiger partial charge is 0.272 e. The minimum Gasteiger partial charge on any atom is -0.378 e. The number of carbonyl (C=O) groups excluding carboxylic acids is 1. The summed E-state index contributed by atoms with van der Waals surface area (Å²) in [5, 5.41) is 0. The van der Waals surface area contributed by atoms with E-state index >= 15 is 0 Å². The molecule has 2 aliphatic heterocycles. The van der Waals surface area contributed by atoms with Crippen LogP contribution in [-0.4, -0.2) is 60.1 Å². The summed E-state index contributed by atoms with van der Waals surface area (Å²) in [6.07, 6.45) is 0.185. The maximum Gasteiger partial charge on any atom is 0.272 e. The first kappa shape index (κ1) is 13.5. The van der Waals surface area contributed by atoms with Gasteiger partial charge in [-0.2, -0.15) is 0 Å². The van der Waals surface area contributed by atoms with Crippen LogP contribution < -0.4 is 0 Å². The van der Waals surface area contributed by atoms with Crippen molar-refractivity contribution in [2.75, 3.05) is 33.3 Å². The van der Waals surface area contributed by atoms with Gasteiger partial charge in [0.15, 0.2) is 0 Å². The summed E-state index contributed by atoms with van der Waals surface area (Å²) in [6.45, 7) is 6.69. The van der Waals surface area contributed by atoms with Crippen molar-refractivity contribution in [2.45, 2.75) is 19.6 Å². The molecule has 0 N–H and O–H groups in total. The Morgan fingerprint density at radius 1 is 1.35 bits per heavy atom. The van der Waals surface area contributed by atoms with Crippen molar-refractivity contribution in [2.24, 2.45) is 5.92 Å². The van der Waals surface area contributed by atoms with Gasteiger partial charge in [-0.3, -0.25) is 9.69 Å². The van der Waals surface area contributed by atoms with Crippen LogP contribution in [0.15, 0.2) is 18.2 Å². The Morgan fingerprint density at radius 3 is 2.75 bits per heavy atom. The summed E-state index contributed by atoms with van der Waals surface area (Å²) in [4.78, 5) is 20.9. The highest BCUT2D eigenvalue weighted by atomic mass is 16.5. The second-order valence-electron chi connectivity index (χ2n) is 5.88. The Kier molecular flexibility index (Phi) is 3.72. The summed E-state index contributed by atoms with van der Waals surface area (Å²) in [6, 6.07) is 5.71. The molecule has 1 amide bonds. The molecule has 5 heteroatoms. The van der Waals surface area contributed by atoms with Crippen LogP contribution >= 0.6 is 0 Å². The normalized spacial score (nSPS) is 20.6. The Morgan fingerprint density at radius 2 is 2.10 bits per heavy atom. The predicted octanol–water partition coefficient (Wildman–Crippen LogP) is 1.00. The molecule has 0 bridgehead atoms. The number of amides is 1. The number of ether oxygens (including phenoxy) is 1. The fourth-order valence-corrected chi connectivity index (χ4v) is 2.79. The predicted molar refractivity (Wildman–Crippen MR) is 75.4 cm³/mol. The molecule has 1 aromatic heterocycles. The van der Waals surface area contributed by atoms with Gasteiger partial charge >= 0.3 is 0 Å². The molecular formula is C15H21N3O2. The highest BCUT2D eigenvalue weighted by molar-refractivity contribution is 5.92. The van der Waals surface area contributed by atoms with Gasteiger partial charge in [-0.25, -0.2) is 4.98 Å². The second kappa shape index (κ2) is 5.50. The van der Waals surface area contributed by atoms with Crippen LogP contribution in [0, 0.1) is 5.92 Å². The second-order valence-corrected chi connectivity index (χ2v) is 5.88. The Balaban J connectivity index is 1.61. The van der Waals surface area contributed by atoms with Crippen LogP contribution in [0.25, 0.3) is 0 Å². The summed E-state index contributed by atoms with van der Waals surface area (Å²) in [7, 11) is 1.68. The lowest BCUT2D eigenvalue weighted by Crippen LogP contribution is -2.54. The van der Waals surface area contributed by atoms with Gasteiger partial charge in [-0.05, 0) is 18.1 Å². The Hall–Kier alpha value is -1.46. The molecular weight excluding hydrogens is 254 g/mol. The van der Waals surface area contributed by atoms with Crippen molar-refractivity contribution in [1.29, 1.82) is 0 Å². The lowest BCUT2D eigenvalue weighted by molar-refractivity contribution is -0.0195. The lowest BCUT2D eigenvalue weighted by atomic mass is 10.0. The SMILES string of the molecule is COC1CN(C(=O)c2cccc(CN3CC(C)C3)n2)C1. The molecule has 0 aromatic carbocycles. The topological polar surface area (TPSA) is 45.7 Å². The number of nitrogens with zero attached hydrogens (tertiary/aromatic N) is 3. The molecule has 0 atom stereocenters. The van der Waals surface area contributed by atoms with Gasteiger partial charge < -0.3 is 9.64 Å². The van der Waals surface area contributed by atoms with E-state index < -0.39 is 0 Å². The first-order chi connectivity index (χ1) is 9.65. The molecule has 1 aromatic rings. The molecule has 108 valence electrons. The van der Waals surface area contributed by atoms with E-state index in [0.717, 1.165) is 31.2 Å². The minimum absolute atomic E-state index is 0.0112. The van der Waals surface area contributed by atoms with Crippen molar-refractivity contribution in [1.82, 2.24) is 14.8 Å². The number of aromatic nitrogens is 1. The number of methoxy groups -OCH3 is 1. The van der Waals surface area contributed by atoms with E-state index in [9.17, 15) is 4.79 Å². The van der Waals surface area contributed by atoms with Crippen molar-refractivity contribution >= 4 is 5.91 Å². The van der Waals surface area contributed by atoms with Crippen LogP contribution in [0.3, 0.4) is 0 Å². The number of likely N-dealkylation sites (tertiary alicyclic amines) is 2. The van der Waals surface area contributed by atoms with Gasteiger partial charge in [0.2, 0.25) is 0 Å². The molecule has 20 heavy (non-hydrogen) atoms. The quantitative estimate of drug-likeness (QED) is 0.822. The van der Waals surface area contributed by atoms with Crippen LogP contribution in [0.2, 0.25) is 0 Å². The molecule has 0 saturated carbocycles. The van der Waals surface area contributed by atoms with Gasteiger partial charge in [0.25, 0.3) is 5.91 Å². The van der Waals surface area contributed by atoms with Crippen LogP contribution in [-0.2, 0) is 11.3 Å². The first-order valence-electron chi connectivity index (χ1n) is 7.16. The highest BCUT2D eigenvalue weighted by Crippen LogP contribution is 2.18. The van der Waals surface area contributed by atoms with Gasteiger partial charge in [0.1, 0.15) is 5.69 Å². The third-order valence-electron chi connectivity index (χ3n) is 4.02. The lowest BCUT2D eigenvalue weighted by Gasteiger charge is -2.38. The maximum atomic E-state index is 12.3. The van der Waals surface area contributed by atoms with E-state index in [2.05, 4.69) is 16.8 Å². The fraction of sp³-hybridized carbons (Fsp3) is 0.600. The number of pyridine rings is 1. The van der Waals surface area contributed by atoms with E-state index in [4.69, 9.17) is 4.74 Å². The maximum absolute atomic E-state index is 12.3. The molecule has 0 unspecified atom stereocenters. The van der Waals surface area contributed by atoms with Gasteiger partial charge in [-0.1, -0.05) is 13.0 Å². The zero-order valence-electron chi connectivity index (χ0n) is 12.1. The largest absolute Gasteiger partial charge is 0.378 e. The number of rotatable bonds is 4. The summed E-state index contributed by atoms with van der Waals surface area (Å²) in [5.41, 5.74) is 1.53. The van der Waals surface area contributed by atoms with E-state index in [1.165, 1.54) is 0 Å². The molecule has 0 aliphatic carbocycles. The van der Waals surface area contributed by atoms with Crippen LogP contribution in [0.5, 0.6) is 0 Å². The van der Waals surface area contributed by atoms with E-state index in [0.29, 0.717) is 18.8 Å². The van der Waals surface area contributed by atoms with Gasteiger partial charge in [0, 0.05) is 39.8 Å². The molecule has 5 nitrogen and oxygen atoms in total. The third kappa shape index (κ3) is 2.69. The summed E-state index contributed by atoms with van der Waals surface area (Å²) < 4.78 is 5.19. The van der Waals surface area contributed by atoms with Crippen molar-refractivity contribution in [3.8, 4) is 0 Å². The van der Waals surface area contributed by atoms with Crippen molar-refractivity contribution < 1.29 is 9.53 Å². The molecule has 2 saturated heterocycles. The Labute approximate surface area is 119 Å². The number of carbonyl (C=O) groups is 1. The van der Waals surface area contributed by atoms with E-state index in [-0.39, 0.29) is 12.0 Å². The van der Waals surface area contributed by atoms with Crippen molar-refractivity contribution in [3.63, 3.8) is 0 Å². The molecule has 0 spiro atoms. The van der Waals surface area contributed by atoms with Crippen LogP contribution in [0.4, 0.5) is 0 Å². The minimum atomic E-state index is 0.0112. The molecule has 0 radical (unpaired) electrons. The van der Waals surface area contributed by atoms with Crippen molar-refractivity contribution in [3.05, 3.63) is 29.6 Å². The fourth-order valence-electron chi connectivity index (χ4n) is 2.79. The average molecular weight is 275 g/mol. The molecule has 3 heterocycles.